The number of esters is 1. The van der Waals surface area contributed by atoms with Gasteiger partial charge in [0.15, 0.2) is 16.1 Å². The van der Waals surface area contributed by atoms with Crippen molar-refractivity contribution in [2.75, 3.05) is 19.5 Å². The Morgan fingerprint density at radius 3 is 2.24 bits per heavy atom. The molecule has 10 heteroatoms. The molecule has 0 spiro atoms. The SMILES string of the molecule is CS(=O)(=O)c1ccc(/C(COC(=O)CCCCCO[N+](=O)[O-])=C(/C=O)c2ccccc2)cc1. The first-order valence-corrected chi connectivity index (χ1v) is 12.1. The van der Waals surface area contributed by atoms with Crippen LogP contribution in [0.5, 0.6) is 0 Å². The minimum atomic E-state index is -3.39. The summed E-state index contributed by atoms with van der Waals surface area (Å²) in [4.78, 5) is 38.6. The zero-order valence-corrected chi connectivity index (χ0v) is 19.0. The van der Waals surface area contributed by atoms with Crippen LogP contribution in [0.2, 0.25) is 0 Å². The van der Waals surface area contributed by atoms with Crippen molar-refractivity contribution < 1.29 is 32.7 Å². The smallest absolute Gasteiger partial charge is 0.306 e. The summed E-state index contributed by atoms with van der Waals surface area (Å²) in [6.45, 7) is -0.206. The number of allylic oxidation sites excluding steroid dienone is 1. The fraction of sp³-hybridized carbons (Fsp3) is 0.304. The lowest BCUT2D eigenvalue weighted by molar-refractivity contribution is -0.757. The van der Waals surface area contributed by atoms with Crippen LogP contribution in [-0.2, 0) is 29.0 Å². The summed E-state index contributed by atoms with van der Waals surface area (Å²) in [5, 5.41) is 9.25. The lowest BCUT2D eigenvalue weighted by Gasteiger charge is -2.14. The molecule has 0 unspecified atom stereocenters. The highest BCUT2D eigenvalue weighted by atomic mass is 32.2. The quantitative estimate of drug-likeness (QED) is 0.0818. The Balaban J connectivity index is 2.16. The molecule has 0 amide bonds. The largest absolute Gasteiger partial charge is 0.461 e. The maximum atomic E-state index is 12.2. The van der Waals surface area contributed by atoms with Gasteiger partial charge in [0.2, 0.25) is 0 Å². The summed E-state index contributed by atoms with van der Waals surface area (Å²) in [5.41, 5.74) is 1.96. The number of sulfone groups is 1. The Labute approximate surface area is 192 Å². The predicted octanol–water partition coefficient (Wildman–Crippen LogP) is 3.51. The van der Waals surface area contributed by atoms with E-state index >= 15 is 0 Å². The Morgan fingerprint density at radius 1 is 1.00 bits per heavy atom. The fourth-order valence-corrected chi connectivity index (χ4v) is 3.69. The van der Waals surface area contributed by atoms with Gasteiger partial charge >= 0.3 is 5.97 Å². The van der Waals surface area contributed by atoms with Crippen LogP contribution in [0.4, 0.5) is 0 Å². The van der Waals surface area contributed by atoms with Gasteiger partial charge < -0.3 is 9.57 Å². The second-order valence-electron chi connectivity index (χ2n) is 7.20. The van der Waals surface area contributed by atoms with Crippen molar-refractivity contribution >= 4 is 33.2 Å². The van der Waals surface area contributed by atoms with Gasteiger partial charge in [-0.25, -0.2) is 8.42 Å². The van der Waals surface area contributed by atoms with Crippen molar-refractivity contribution in [2.45, 2.75) is 30.6 Å². The van der Waals surface area contributed by atoms with Gasteiger partial charge in [0.1, 0.15) is 6.61 Å². The van der Waals surface area contributed by atoms with E-state index in [-0.39, 0.29) is 24.5 Å². The number of rotatable bonds is 13. The first-order chi connectivity index (χ1) is 15.7. The molecule has 2 aromatic rings. The van der Waals surface area contributed by atoms with Crippen molar-refractivity contribution in [3.05, 3.63) is 75.8 Å². The Bertz CT molecular complexity index is 1090. The first kappa shape index (κ1) is 25.7. The van der Waals surface area contributed by atoms with E-state index in [1.165, 1.54) is 12.1 Å². The maximum absolute atomic E-state index is 12.2. The molecule has 0 N–H and O–H groups in total. The minimum Gasteiger partial charge on any atom is -0.461 e. The molecule has 0 heterocycles. The monoisotopic (exact) mass is 475 g/mol. The van der Waals surface area contributed by atoms with Crippen molar-refractivity contribution in [1.82, 2.24) is 0 Å². The van der Waals surface area contributed by atoms with Crippen LogP contribution in [-0.4, -0.2) is 45.2 Å². The summed E-state index contributed by atoms with van der Waals surface area (Å²) in [7, 11) is -3.39. The van der Waals surface area contributed by atoms with Crippen molar-refractivity contribution in [2.24, 2.45) is 0 Å². The number of carbonyl (C=O) groups excluding carboxylic acids is 2. The maximum Gasteiger partial charge on any atom is 0.306 e. The number of unbranched alkanes of at least 4 members (excludes halogenated alkanes) is 2. The van der Waals surface area contributed by atoms with E-state index in [1.807, 2.05) is 6.07 Å². The molecule has 0 aliphatic heterocycles. The van der Waals surface area contributed by atoms with Gasteiger partial charge in [0, 0.05) is 23.8 Å². The summed E-state index contributed by atoms with van der Waals surface area (Å²) in [5.74, 6) is -0.478. The molecule has 0 fully saturated rings. The zero-order chi connectivity index (χ0) is 24.3. The van der Waals surface area contributed by atoms with Gasteiger partial charge in [-0.3, -0.25) is 9.59 Å². The highest BCUT2D eigenvalue weighted by Crippen LogP contribution is 2.27. The Hall–Kier alpha value is -3.53. The van der Waals surface area contributed by atoms with E-state index in [0.29, 0.717) is 47.8 Å². The minimum absolute atomic E-state index is 0.0296. The van der Waals surface area contributed by atoms with E-state index < -0.39 is 20.9 Å². The predicted molar refractivity (Wildman–Crippen MR) is 121 cm³/mol. The molecule has 0 atom stereocenters. The lowest BCUT2D eigenvalue weighted by Crippen LogP contribution is -2.09. The van der Waals surface area contributed by atoms with Crippen molar-refractivity contribution in [3.63, 3.8) is 0 Å². The van der Waals surface area contributed by atoms with Gasteiger partial charge in [-0.05, 0) is 36.1 Å². The summed E-state index contributed by atoms with van der Waals surface area (Å²) < 4.78 is 28.9. The Morgan fingerprint density at radius 2 is 1.67 bits per heavy atom. The second-order valence-corrected chi connectivity index (χ2v) is 9.22. The molecular formula is C23H25NO8S. The number of benzene rings is 2. The average molecular weight is 476 g/mol. The van der Waals surface area contributed by atoms with Crippen LogP contribution >= 0.6 is 0 Å². The van der Waals surface area contributed by atoms with Crippen LogP contribution in [0.25, 0.3) is 11.1 Å². The third-order valence-corrected chi connectivity index (χ3v) is 5.89. The highest BCUT2D eigenvalue weighted by Gasteiger charge is 2.15. The molecule has 0 radical (unpaired) electrons. The number of hydrogen-bond donors (Lipinski definition) is 0. The molecule has 176 valence electrons. The molecule has 0 aliphatic carbocycles. The van der Waals surface area contributed by atoms with E-state index in [1.54, 1.807) is 36.4 Å². The highest BCUT2D eigenvalue weighted by molar-refractivity contribution is 7.90. The van der Waals surface area contributed by atoms with Crippen LogP contribution in [0, 0.1) is 10.1 Å². The third kappa shape index (κ3) is 8.49. The molecular weight excluding hydrogens is 450 g/mol. The van der Waals surface area contributed by atoms with Gasteiger partial charge in [-0.1, -0.05) is 48.9 Å². The molecule has 0 saturated carbocycles. The molecule has 2 aromatic carbocycles. The molecule has 0 bridgehead atoms. The van der Waals surface area contributed by atoms with Crippen LogP contribution in [0.3, 0.4) is 0 Å². The van der Waals surface area contributed by atoms with Gasteiger partial charge in [0.25, 0.3) is 5.09 Å². The second kappa shape index (κ2) is 12.5. The van der Waals surface area contributed by atoms with Crippen LogP contribution < -0.4 is 0 Å². The Kier molecular flexibility index (Phi) is 9.74. The van der Waals surface area contributed by atoms with E-state index in [4.69, 9.17) is 4.74 Å². The third-order valence-electron chi connectivity index (χ3n) is 4.76. The normalized spacial score (nSPS) is 11.9. The van der Waals surface area contributed by atoms with E-state index in [2.05, 4.69) is 4.84 Å². The molecule has 0 aromatic heterocycles. The van der Waals surface area contributed by atoms with Gasteiger partial charge in [-0.15, -0.1) is 10.1 Å². The molecule has 33 heavy (non-hydrogen) atoms. The summed E-state index contributed by atoms with van der Waals surface area (Å²) >= 11 is 0. The lowest BCUT2D eigenvalue weighted by atomic mass is 9.96. The number of hydrogen-bond acceptors (Lipinski definition) is 8. The van der Waals surface area contributed by atoms with Crippen LogP contribution in [0.15, 0.2) is 59.5 Å². The molecule has 0 aliphatic rings. The number of ether oxygens (including phenoxy) is 1. The van der Waals surface area contributed by atoms with E-state index in [0.717, 1.165) is 6.26 Å². The van der Waals surface area contributed by atoms with Gasteiger partial charge in [-0.2, -0.15) is 0 Å². The average Bonchev–Trinajstić information content (AvgIpc) is 2.79. The topological polar surface area (TPSA) is 130 Å². The standard InChI is InChI=1S/C23H25NO8S/c1-33(29,30)20-13-11-19(12-14-20)22(21(16-25)18-8-4-2-5-9-18)17-31-23(26)10-6-3-7-15-32-24(27)28/h2,4-5,8-9,11-14,16H,3,6-7,10,15,17H2,1H3/b22-21-. The summed E-state index contributed by atoms with van der Waals surface area (Å²) in [6.07, 6.45) is 3.36. The van der Waals surface area contributed by atoms with Crippen molar-refractivity contribution in [1.29, 1.82) is 0 Å². The molecule has 9 nitrogen and oxygen atoms in total. The fourth-order valence-electron chi connectivity index (χ4n) is 3.06. The van der Waals surface area contributed by atoms with Gasteiger partial charge in [0.05, 0.1) is 11.5 Å². The van der Waals surface area contributed by atoms with Crippen molar-refractivity contribution in [3.8, 4) is 0 Å². The first-order valence-electron chi connectivity index (χ1n) is 10.2. The number of carbonyl (C=O) groups is 2. The number of nitrogens with zero attached hydrogens (tertiary/aromatic N) is 1. The molecule has 0 saturated heterocycles. The zero-order valence-electron chi connectivity index (χ0n) is 18.1. The van der Waals surface area contributed by atoms with E-state index in [9.17, 15) is 28.1 Å². The molecule has 2 rings (SSSR count). The summed E-state index contributed by atoms with van der Waals surface area (Å²) in [6, 6.07) is 14.9. The number of aldehydes is 1. The van der Waals surface area contributed by atoms with Crippen LogP contribution in [0.1, 0.15) is 36.8 Å².